The Bertz CT molecular complexity index is 1750. The van der Waals surface area contributed by atoms with E-state index in [-0.39, 0.29) is 21.7 Å². The van der Waals surface area contributed by atoms with Gasteiger partial charge in [-0.05, 0) is 127 Å². The summed E-state index contributed by atoms with van der Waals surface area (Å²) in [5, 5.41) is 10.6. The second-order valence-corrected chi connectivity index (χ2v) is 20.0. The number of nitrogens with zero attached hydrogens (tertiary/aromatic N) is 2. The Morgan fingerprint density at radius 2 is 1.37 bits per heavy atom. The van der Waals surface area contributed by atoms with Crippen LogP contribution >= 0.6 is 0 Å². The molecule has 0 bridgehead atoms. The highest BCUT2D eigenvalue weighted by Gasteiger charge is 2.45. The lowest BCUT2D eigenvalue weighted by Gasteiger charge is -2.51. The van der Waals surface area contributed by atoms with Crippen molar-refractivity contribution in [1.82, 2.24) is 4.90 Å². The Morgan fingerprint density at radius 3 is 2.04 bits per heavy atom. The third kappa shape index (κ3) is 7.34. The summed E-state index contributed by atoms with van der Waals surface area (Å²) in [5.41, 5.74) is 9.88. The van der Waals surface area contributed by atoms with E-state index in [1.165, 1.54) is 58.3 Å². The molecule has 0 amide bonds. The van der Waals surface area contributed by atoms with Crippen LogP contribution in [-0.2, 0) is 26.3 Å². The second-order valence-electron chi connectivity index (χ2n) is 20.0. The smallest absolute Gasteiger partial charge is 0.330 e. The molecule has 1 heterocycles. The van der Waals surface area contributed by atoms with Crippen molar-refractivity contribution in [1.29, 1.82) is 0 Å². The number of anilines is 1. The van der Waals surface area contributed by atoms with Crippen LogP contribution in [-0.4, -0.2) is 60.9 Å². The third-order valence-corrected chi connectivity index (χ3v) is 13.8. The minimum absolute atomic E-state index is 0.0182. The number of rotatable bonds is 8. The van der Waals surface area contributed by atoms with Crippen LogP contribution in [0.15, 0.2) is 60.7 Å². The van der Waals surface area contributed by atoms with Gasteiger partial charge in [-0.3, -0.25) is 4.90 Å². The minimum atomic E-state index is -0.954. The molecule has 1 fully saturated rings. The first-order chi connectivity index (χ1) is 23.5. The standard InChI is InChI=1S/C46H66BN2O2/c1-31-29-49(36-16-14-15-32(25-36)33-17-19-37-39(26-33)42(4,5)22-21-41(37,2)3)24-23-48(31)30-34-28-43(6,7)38-20-18-35(27-40(38)44(34,8)9)47-51-46(12,13)45(10,11)50/h14-20,25-27,31,34,50H,21-24,28-30H2,1-13H3. The van der Waals surface area contributed by atoms with E-state index < -0.39 is 11.2 Å². The maximum Gasteiger partial charge on any atom is 0.330 e. The molecule has 2 unspecified atom stereocenters. The van der Waals surface area contributed by atoms with Crippen LogP contribution in [0.4, 0.5) is 5.69 Å². The minimum Gasteiger partial charge on any atom is -0.427 e. The quantitative estimate of drug-likeness (QED) is 0.239. The van der Waals surface area contributed by atoms with Crippen LogP contribution in [0.3, 0.4) is 0 Å². The summed E-state index contributed by atoms with van der Waals surface area (Å²) < 4.78 is 6.18. The highest BCUT2D eigenvalue weighted by molar-refractivity contribution is 6.47. The lowest BCUT2D eigenvalue weighted by molar-refractivity contribution is -0.0893. The maximum atomic E-state index is 10.6. The SMILES string of the molecule is CC1CN(c2cccc(-c3ccc4c(c3)C(C)(C)CCC4(C)C)c2)CCN1CC1CC(C)(C)c2ccc([B]OC(C)(C)C(C)(C)O)cc2C1(C)C. The molecule has 0 spiro atoms. The molecule has 3 aromatic carbocycles. The number of aliphatic hydroxyl groups is 1. The largest absolute Gasteiger partial charge is 0.427 e. The zero-order valence-corrected chi connectivity index (χ0v) is 34.2. The van der Waals surface area contributed by atoms with Crippen LogP contribution in [0.5, 0.6) is 0 Å². The monoisotopic (exact) mass is 690 g/mol. The van der Waals surface area contributed by atoms with Gasteiger partial charge in [0.2, 0.25) is 0 Å². The molecule has 6 rings (SSSR count). The molecule has 2 aliphatic carbocycles. The fraction of sp³-hybridized carbons (Fsp3) is 0.609. The molecule has 275 valence electrons. The van der Waals surface area contributed by atoms with Gasteiger partial charge in [0, 0.05) is 37.9 Å². The zero-order chi connectivity index (χ0) is 37.4. The van der Waals surface area contributed by atoms with E-state index in [1.54, 1.807) is 13.8 Å². The van der Waals surface area contributed by atoms with Gasteiger partial charge in [0.05, 0.1) is 11.2 Å². The Labute approximate surface area is 311 Å². The van der Waals surface area contributed by atoms with E-state index in [9.17, 15) is 5.11 Å². The Morgan fingerprint density at radius 1 is 0.745 bits per heavy atom. The number of hydrogen-bond acceptors (Lipinski definition) is 4. The molecule has 51 heavy (non-hydrogen) atoms. The molecule has 0 aromatic heterocycles. The molecule has 0 saturated carbocycles. The first-order valence-electron chi connectivity index (χ1n) is 19.6. The van der Waals surface area contributed by atoms with Crippen molar-refractivity contribution in [3.63, 3.8) is 0 Å². The fourth-order valence-electron chi connectivity index (χ4n) is 9.05. The van der Waals surface area contributed by atoms with E-state index in [0.717, 1.165) is 31.6 Å². The van der Waals surface area contributed by atoms with E-state index in [1.807, 2.05) is 21.3 Å². The summed E-state index contributed by atoms with van der Waals surface area (Å²) in [6, 6.07) is 23.9. The van der Waals surface area contributed by atoms with Crippen molar-refractivity contribution in [2.75, 3.05) is 31.1 Å². The molecular formula is C46H66BN2O2. The van der Waals surface area contributed by atoms with E-state index >= 15 is 0 Å². The molecule has 1 aliphatic heterocycles. The van der Waals surface area contributed by atoms with Gasteiger partial charge in [0.1, 0.15) is 0 Å². The summed E-state index contributed by atoms with van der Waals surface area (Å²) in [4.78, 5) is 5.37. The summed E-state index contributed by atoms with van der Waals surface area (Å²) >= 11 is 0. The van der Waals surface area contributed by atoms with Gasteiger partial charge in [-0.1, -0.05) is 109 Å². The number of fused-ring (bicyclic) bond motifs is 2. The van der Waals surface area contributed by atoms with Crippen LogP contribution in [0, 0.1) is 5.92 Å². The van der Waals surface area contributed by atoms with Gasteiger partial charge < -0.3 is 14.7 Å². The summed E-state index contributed by atoms with van der Waals surface area (Å²) in [7, 11) is 1.84. The number of piperazine rings is 1. The van der Waals surface area contributed by atoms with Crippen molar-refractivity contribution in [2.24, 2.45) is 5.92 Å². The molecule has 1 radical (unpaired) electrons. The Hall–Kier alpha value is -2.60. The fourth-order valence-corrected chi connectivity index (χ4v) is 9.05. The first-order valence-corrected chi connectivity index (χ1v) is 19.6. The van der Waals surface area contributed by atoms with Gasteiger partial charge in [-0.25, -0.2) is 0 Å². The first kappa shape index (κ1) is 38.1. The molecule has 1 N–H and O–H groups in total. The van der Waals surface area contributed by atoms with E-state index in [0.29, 0.717) is 12.0 Å². The molecule has 4 nitrogen and oxygen atoms in total. The maximum absolute atomic E-state index is 10.6. The molecule has 1 saturated heterocycles. The zero-order valence-electron chi connectivity index (χ0n) is 34.2. The topological polar surface area (TPSA) is 35.9 Å². The summed E-state index contributed by atoms with van der Waals surface area (Å²) in [6.45, 7) is 33.6. The van der Waals surface area contributed by atoms with Crippen molar-refractivity contribution < 1.29 is 9.76 Å². The highest BCUT2D eigenvalue weighted by atomic mass is 16.5. The van der Waals surface area contributed by atoms with E-state index in [4.69, 9.17) is 4.65 Å². The molecule has 5 heteroatoms. The van der Waals surface area contributed by atoms with Crippen molar-refractivity contribution in [3.8, 4) is 11.1 Å². The van der Waals surface area contributed by atoms with Gasteiger partial charge in [-0.2, -0.15) is 0 Å². The van der Waals surface area contributed by atoms with Crippen LogP contribution in [0.2, 0.25) is 0 Å². The second kappa shape index (κ2) is 13.1. The highest BCUT2D eigenvalue weighted by Crippen LogP contribution is 2.50. The molecule has 2 atom stereocenters. The van der Waals surface area contributed by atoms with Gasteiger partial charge in [0.15, 0.2) is 0 Å². The predicted octanol–water partition coefficient (Wildman–Crippen LogP) is 9.30. The van der Waals surface area contributed by atoms with Crippen LogP contribution < -0.4 is 10.4 Å². The number of benzene rings is 3. The van der Waals surface area contributed by atoms with Crippen LogP contribution in [0.1, 0.15) is 132 Å². The van der Waals surface area contributed by atoms with Gasteiger partial charge in [-0.15, -0.1) is 0 Å². The average Bonchev–Trinajstić information content (AvgIpc) is 3.05. The predicted molar refractivity (Wildman–Crippen MR) is 218 cm³/mol. The Kier molecular flexibility index (Phi) is 9.77. The van der Waals surface area contributed by atoms with Gasteiger partial charge in [0.25, 0.3) is 0 Å². The normalized spacial score (nSPS) is 24.1. The Balaban J connectivity index is 1.16. The summed E-state index contributed by atoms with van der Waals surface area (Å²) in [6.07, 6.45) is 3.65. The van der Waals surface area contributed by atoms with Crippen molar-refractivity contribution in [2.45, 2.75) is 148 Å². The summed E-state index contributed by atoms with van der Waals surface area (Å²) in [5.74, 6) is 0.527. The van der Waals surface area contributed by atoms with Crippen molar-refractivity contribution >= 4 is 18.6 Å². The molecule has 3 aromatic rings. The van der Waals surface area contributed by atoms with E-state index in [2.05, 4.69) is 133 Å². The van der Waals surface area contributed by atoms with Gasteiger partial charge >= 0.3 is 7.48 Å². The van der Waals surface area contributed by atoms with Crippen LogP contribution in [0.25, 0.3) is 11.1 Å². The van der Waals surface area contributed by atoms with Crippen molar-refractivity contribution in [3.05, 3.63) is 82.9 Å². The third-order valence-electron chi connectivity index (χ3n) is 13.8. The molecule has 3 aliphatic rings. The lowest BCUT2D eigenvalue weighted by Crippen LogP contribution is -2.56. The number of hydrogen-bond donors (Lipinski definition) is 1. The molecular weight excluding hydrogens is 623 g/mol. The lowest BCUT2D eigenvalue weighted by atomic mass is 9.57. The average molecular weight is 690 g/mol.